The van der Waals surface area contributed by atoms with Gasteiger partial charge in [0.05, 0.1) is 11.5 Å². The monoisotopic (exact) mass is 280 g/mol. The molecule has 1 heterocycles. The first-order chi connectivity index (χ1) is 8.75. The predicted octanol–water partition coefficient (Wildman–Crippen LogP) is 2.15. The second kappa shape index (κ2) is 4.85. The van der Waals surface area contributed by atoms with Crippen LogP contribution in [0.4, 0.5) is 18.0 Å². The van der Waals surface area contributed by atoms with Crippen molar-refractivity contribution >= 4 is 6.03 Å². The number of carbonyl (C=O) groups excluding carboxylic acids is 1. The highest BCUT2D eigenvalue weighted by Gasteiger charge is 2.55. The summed E-state index contributed by atoms with van der Waals surface area (Å²) in [7, 11) is 1.61. The fraction of sp³-hybridized carbons (Fsp3) is 0.917. The molecule has 2 aliphatic rings. The van der Waals surface area contributed by atoms with E-state index in [2.05, 4.69) is 5.32 Å². The average Bonchev–Trinajstić information content (AvgIpc) is 2.66. The molecule has 1 atom stereocenters. The van der Waals surface area contributed by atoms with Crippen molar-refractivity contribution in [3.8, 4) is 0 Å². The van der Waals surface area contributed by atoms with Crippen molar-refractivity contribution < 1.29 is 22.7 Å². The Kier molecular flexibility index (Phi) is 3.68. The molecule has 0 bridgehead atoms. The number of rotatable bonds is 2. The molecule has 110 valence electrons. The molecule has 7 heteroatoms. The number of nitrogens with one attached hydrogen (secondary N) is 1. The summed E-state index contributed by atoms with van der Waals surface area (Å²) in [6.07, 6.45) is -2.68. The van der Waals surface area contributed by atoms with Crippen LogP contribution >= 0.6 is 0 Å². The maximum atomic E-state index is 12.8. The molecular weight excluding hydrogens is 261 g/mol. The molecule has 2 amide bonds. The molecule has 0 aromatic rings. The highest BCUT2D eigenvalue weighted by Crippen LogP contribution is 2.44. The normalized spacial score (nSPS) is 35.1. The van der Waals surface area contributed by atoms with Gasteiger partial charge in [-0.2, -0.15) is 13.2 Å². The standard InChI is InChI=1S/C12H19F3N2O2/c1-11(12(13,14)15)3-4-17(7-11)10(18)16-8-5-9(6-8)19-2/h8-9H,3-7H2,1-2H3,(H,16,18). The van der Waals surface area contributed by atoms with E-state index in [1.807, 2.05) is 0 Å². The molecule has 0 aromatic heterocycles. The third-order valence-corrected chi connectivity index (χ3v) is 4.20. The van der Waals surface area contributed by atoms with Gasteiger partial charge < -0.3 is 15.0 Å². The number of hydrogen-bond donors (Lipinski definition) is 1. The minimum Gasteiger partial charge on any atom is -0.381 e. The molecule has 0 radical (unpaired) electrons. The number of methoxy groups -OCH3 is 1. The Balaban J connectivity index is 1.83. The number of urea groups is 1. The van der Waals surface area contributed by atoms with Gasteiger partial charge in [-0.05, 0) is 26.2 Å². The van der Waals surface area contributed by atoms with Crippen LogP contribution in [0.15, 0.2) is 0 Å². The Morgan fingerprint density at radius 1 is 1.42 bits per heavy atom. The van der Waals surface area contributed by atoms with E-state index in [4.69, 9.17) is 4.74 Å². The smallest absolute Gasteiger partial charge is 0.381 e. The van der Waals surface area contributed by atoms with Crippen molar-refractivity contribution in [3.63, 3.8) is 0 Å². The largest absolute Gasteiger partial charge is 0.395 e. The fourth-order valence-corrected chi connectivity index (χ4v) is 2.51. The molecule has 19 heavy (non-hydrogen) atoms. The van der Waals surface area contributed by atoms with Gasteiger partial charge in [0.15, 0.2) is 0 Å². The molecule has 1 aliphatic heterocycles. The molecule has 2 fully saturated rings. The molecular formula is C12H19F3N2O2. The van der Waals surface area contributed by atoms with Gasteiger partial charge in [-0.1, -0.05) is 0 Å². The molecule has 0 spiro atoms. The Morgan fingerprint density at radius 3 is 2.53 bits per heavy atom. The van der Waals surface area contributed by atoms with E-state index in [1.165, 1.54) is 11.8 Å². The lowest BCUT2D eigenvalue weighted by atomic mass is 9.89. The number of hydrogen-bond acceptors (Lipinski definition) is 2. The summed E-state index contributed by atoms with van der Waals surface area (Å²) < 4.78 is 43.6. The first-order valence-corrected chi connectivity index (χ1v) is 6.40. The first-order valence-electron chi connectivity index (χ1n) is 6.40. The van der Waals surface area contributed by atoms with Gasteiger partial charge in [-0.3, -0.25) is 0 Å². The lowest BCUT2D eigenvalue weighted by Gasteiger charge is -2.36. The lowest BCUT2D eigenvalue weighted by Crippen LogP contribution is -2.52. The second-order valence-electron chi connectivity index (χ2n) is 5.71. The van der Waals surface area contributed by atoms with Crippen molar-refractivity contribution in [2.75, 3.05) is 20.2 Å². The average molecular weight is 280 g/mol. The zero-order valence-corrected chi connectivity index (χ0v) is 11.1. The van der Waals surface area contributed by atoms with Crippen LogP contribution in [0.1, 0.15) is 26.2 Å². The summed E-state index contributed by atoms with van der Waals surface area (Å²) in [6.45, 7) is 1.07. The number of likely N-dealkylation sites (tertiary alicyclic amines) is 1. The Hall–Kier alpha value is -0.980. The molecule has 1 saturated heterocycles. The fourth-order valence-electron chi connectivity index (χ4n) is 2.51. The maximum Gasteiger partial charge on any atom is 0.395 e. The summed E-state index contributed by atoms with van der Waals surface area (Å²) in [4.78, 5) is 13.1. The van der Waals surface area contributed by atoms with Crippen LogP contribution in [0.3, 0.4) is 0 Å². The quantitative estimate of drug-likeness (QED) is 0.842. The van der Waals surface area contributed by atoms with Crippen molar-refractivity contribution in [2.45, 2.75) is 44.5 Å². The van der Waals surface area contributed by atoms with Gasteiger partial charge in [-0.15, -0.1) is 0 Å². The van der Waals surface area contributed by atoms with E-state index < -0.39 is 17.6 Å². The number of nitrogens with zero attached hydrogens (tertiary/aromatic N) is 1. The van der Waals surface area contributed by atoms with E-state index in [-0.39, 0.29) is 31.7 Å². The number of alkyl halides is 3. The third kappa shape index (κ3) is 2.80. The minimum absolute atomic E-state index is 0.0233. The summed E-state index contributed by atoms with van der Waals surface area (Å²) >= 11 is 0. The lowest BCUT2D eigenvalue weighted by molar-refractivity contribution is -0.212. The number of halogens is 3. The SMILES string of the molecule is COC1CC(NC(=O)N2CCC(C)(C(F)(F)F)C2)C1. The predicted molar refractivity (Wildman–Crippen MR) is 62.7 cm³/mol. The van der Waals surface area contributed by atoms with Crippen molar-refractivity contribution in [1.29, 1.82) is 0 Å². The first kappa shape index (κ1) is 14.4. The van der Waals surface area contributed by atoms with Gasteiger partial charge >= 0.3 is 12.2 Å². The molecule has 1 aliphatic carbocycles. The number of amides is 2. The van der Waals surface area contributed by atoms with Crippen LogP contribution in [0, 0.1) is 5.41 Å². The minimum atomic E-state index is -4.26. The molecule has 1 saturated carbocycles. The Bertz CT molecular complexity index is 355. The highest BCUT2D eigenvalue weighted by molar-refractivity contribution is 5.75. The van der Waals surface area contributed by atoms with E-state index in [0.29, 0.717) is 0 Å². The zero-order valence-electron chi connectivity index (χ0n) is 11.1. The van der Waals surface area contributed by atoms with Crippen LogP contribution in [-0.2, 0) is 4.74 Å². The Morgan fingerprint density at radius 2 is 2.05 bits per heavy atom. The maximum absolute atomic E-state index is 12.8. The van der Waals surface area contributed by atoms with Crippen LogP contribution in [0.2, 0.25) is 0 Å². The summed E-state index contributed by atoms with van der Waals surface area (Å²) in [5, 5.41) is 2.75. The molecule has 2 rings (SSSR count). The van der Waals surface area contributed by atoms with Crippen LogP contribution in [0.5, 0.6) is 0 Å². The van der Waals surface area contributed by atoms with E-state index in [0.717, 1.165) is 12.8 Å². The zero-order chi connectivity index (χ0) is 14.3. The highest BCUT2D eigenvalue weighted by atomic mass is 19.4. The topological polar surface area (TPSA) is 41.6 Å². The summed E-state index contributed by atoms with van der Waals surface area (Å²) in [6, 6.07) is -0.372. The van der Waals surface area contributed by atoms with E-state index >= 15 is 0 Å². The van der Waals surface area contributed by atoms with Gasteiger partial charge in [0, 0.05) is 26.2 Å². The van der Waals surface area contributed by atoms with Crippen molar-refractivity contribution in [2.24, 2.45) is 5.41 Å². The molecule has 1 unspecified atom stereocenters. The van der Waals surface area contributed by atoms with Crippen LogP contribution in [-0.4, -0.2) is 49.5 Å². The Labute approximate surface area is 110 Å². The van der Waals surface area contributed by atoms with Crippen LogP contribution < -0.4 is 5.32 Å². The number of carbonyl (C=O) groups is 1. The number of ether oxygens (including phenoxy) is 1. The molecule has 1 N–H and O–H groups in total. The van der Waals surface area contributed by atoms with Crippen molar-refractivity contribution in [1.82, 2.24) is 10.2 Å². The van der Waals surface area contributed by atoms with E-state index in [9.17, 15) is 18.0 Å². The molecule has 4 nitrogen and oxygen atoms in total. The van der Waals surface area contributed by atoms with E-state index in [1.54, 1.807) is 7.11 Å². The van der Waals surface area contributed by atoms with Crippen molar-refractivity contribution in [3.05, 3.63) is 0 Å². The van der Waals surface area contributed by atoms with Gasteiger partial charge in [0.25, 0.3) is 0 Å². The van der Waals surface area contributed by atoms with Gasteiger partial charge in [0.2, 0.25) is 0 Å². The third-order valence-electron chi connectivity index (χ3n) is 4.20. The van der Waals surface area contributed by atoms with Crippen LogP contribution in [0.25, 0.3) is 0 Å². The summed E-state index contributed by atoms with van der Waals surface area (Å²) in [5.41, 5.74) is -1.78. The van der Waals surface area contributed by atoms with Gasteiger partial charge in [0.1, 0.15) is 0 Å². The summed E-state index contributed by atoms with van der Waals surface area (Å²) in [5.74, 6) is 0. The molecule has 0 aromatic carbocycles. The van der Waals surface area contributed by atoms with Gasteiger partial charge in [-0.25, -0.2) is 4.79 Å². The second-order valence-corrected chi connectivity index (χ2v) is 5.71.